The highest BCUT2D eigenvalue weighted by atomic mass is 35.5. The van der Waals surface area contributed by atoms with Gasteiger partial charge in [0.15, 0.2) is 0 Å². The molecule has 0 atom stereocenters. The zero-order valence-electron chi connectivity index (χ0n) is 12.0. The van der Waals surface area contributed by atoms with Gasteiger partial charge in [-0.05, 0) is 45.4 Å². The van der Waals surface area contributed by atoms with E-state index in [0.29, 0.717) is 10.7 Å². The summed E-state index contributed by atoms with van der Waals surface area (Å²) in [5.41, 5.74) is 1.28. The van der Waals surface area contributed by atoms with Gasteiger partial charge in [0.2, 0.25) is 0 Å². The number of halogens is 1. The van der Waals surface area contributed by atoms with Crippen molar-refractivity contribution in [3.05, 3.63) is 40.6 Å². The van der Waals surface area contributed by atoms with E-state index < -0.39 is 5.91 Å². The third-order valence-corrected chi connectivity index (χ3v) is 2.85. The number of anilines is 1. The molecule has 1 aromatic carbocycles. The lowest BCUT2D eigenvalue weighted by Gasteiger charge is -2.18. The van der Waals surface area contributed by atoms with Crippen LogP contribution < -0.4 is 10.6 Å². The summed E-state index contributed by atoms with van der Waals surface area (Å²) in [6.45, 7) is 7.70. The van der Waals surface area contributed by atoms with E-state index >= 15 is 0 Å². The first-order chi connectivity index (χ1) is 9.23. The Hall–Kier alpha value is -1.99. The number of nitrogens with zero attached hydrogens (tertiary/aromatic N) is 1. The quantitative estimate of drug-likeness (QED) is 0.663. The SMILES string of the molecule is Cc1ccc(NC(=O)/C(C#N)=C\NC(C)(C)C)cc1Cl. The fourth-order valence-corrected chi connectivity index (χ4v) is 1.49. The average Bonchev–Trinajstić information content (AvgIpc) is 2.33. The van der Waals surface area contributed by atoms with E-state index in [-0.39, 0.29) is 11.1 Å². The minimum atomic E-state index is -0.468. The van der Waals surface area contributed by atoms with Crippen LogP contribution in [0.5, 0.6) is 0 Å². The van der Waals surface area contributed by atoms with Gasteiger partial charge in [-0.1, -0.05) is 17.7 Å². The van der Waals surface area contributed by atoms with Crippen LogP contribution >= 0.6 is 11.6 Å². The normalized spacial score (nSPS) is 11.7. The van der Waals surface area contributed by atoms with Crippen LogP contribution in [0.25, 0.3) is 0 Å². The Morgan fingerprint density at radius 1 is 1.40 bits per heavy atom. The fraction of sp³-hybridized carbons (Fsp3) is 0.333. The molecule has 0 spiro atoms. The second-order valence-electron chi connectivity index (χ2n) is 5.48. The Bertz CT molecular complexity index is 580. The topological polar surface area (TPSA) is 64.9 Å². The number of carbonyl (C=O) groups excluding carboxylic acids is 1. The van der Waals surface area contributed by atoms with Gasteiger partial charge in [-0.15, -0.1) is 0 Å². The molecule has 0 saturated heterocycles. The van der Waals surface area contributed by atoms with Gasteiger partial charge in [-0.2, -0.15) is 5.26 Å². The number of nitrogens with one attached hydrogen (secondary N) is 2. The maximum atomic E-state index is 12.0. The van der Waals surface area contributed by atoms with E-state index in [2.05, 4.69) is 10.6 Å². The zero-order chi connectivity index (χ0) is 15.3. The highest BCUT2D eigenvalue weighted by Crippen LogP contribution is 2.20. The Labute approximate surface area is 124 Å². The molecule has 0 fully saturated rings. The number of benzene rings is 1. The summed E-state index contributed by atoms with van der Waals surface area (Å²) in [5.74, 6) is -0.468. The lowest BCUT2D eigenvalue weighted by molar-refractivity contribution is -0.112. The number of hydrogen-bond acceptors (Lipinski definition) is 3. The van der Waals surface area contributed by atoms with Crippen LogP contribution in [0.2, 0.25) is 5.02 Å². The van der Waals surface area contributed by atoms with Crippen LogP contribution in [-0.4, -0.2) is 11.4 Å². The minimum Gasteiger partial charge on any atom is -0.385 e. The standard InChI is InChI=1S/C15H18ClN3O/c1-10-5-6-12(7-13(10)16)19-14(20)11(8-17)9-18-15(2,3)4/h5-7,9,18H,1-4H3,(H,19,20)/b11-9-. The van der Waals surface area contributed by atoms with Crippen molar-refractivity contribution in [3.63, 3.8) is 0 Å². The molecule has 2 N–H and O–H groups in total. The monoisotopic (exact) mass is 291 g/mol. The predicted molar refractivity (Wildman–Crippen MR) is 81.4 cm³/mol. The highest BCUT2D eigenvalue weighted by Gasteiger charge is 2.12. The maximum absolute atomic E-state index is 12.0. The first kappa shape index (κ1) is 16.1. The largest absolute Gasteiger partial charge is 0.385 e. The molecule has 1 amide bonds. The molecule has 5 heteroatoms. The molecule has 0 radical (unpaired) electrons. The molecule has 0 aliphatic carbocycles. The van der Waals surface area contributed by atoms with Gasteiger partial charge in [-0.3, -0.25) is 4.79 Å². The van der Waals surface area contributed by atoms with Gasteiger partial charge in [0.05, 0.1) is 0 Å². The Balaban J connectivity index is 2.83. The van der Waals surface area contributed by atoms with Crippen LogP contribution in [0.3, 0.4) is 0 Å². The summed E-state index contributed by atoms with van der Waals surface area (Å²) >= 11 is 5.99. The molecule has 0 unspecified atom stereocenters. The van der Waals surface area contributed by atoms with Gasteiger partial charge < -0.3 is 10.6 Å². The van der Waals surface area contributed by atoms with Crippen molar-refractivity contribution in [2.45, 2.75) is 33.2 Å². The fourth-order valence-electron chi connectivity index (χ4n) is 1.31. The molecule has 0 heterocycles. The first-order valence-corrected chi connectivity index (χ1v) is 6.56. The van der Waals surface area contributed by atoms with Gasteiger partial charge in [0.1, 0.15) is 11.6 Å². The molecular formula is C15H18ClN3O. The van der Waals surface area contributed by atoms with Gasteiger partial charge in [-0.25, -0.2) is 0 Å². The van der Waals surface area contributed by atoms with E-state index in [9.17, 15) is 4.79 Å². The lowest BCUT2D eigenvalue weighted by Crippen LogP contribution is -2.32. The Morgan fingerprint density at radius 3 is 2.55 bits per heavy atom. The molecule has 106 valence electrons. The molecule has 0 aliphatic rings. The number of amides is 1. The maximum Gasteiger partial charge on any atom is 0.267 e. The Kier molecular flexibility index (Phi) is 5.18. The molecule has 0 saturated carbocycles. The summed E-state index contributed by atoms with van der Waals surface area (Å²) in [5, 5.41) is 15.2. The van der Waals surface area contributed by atoms with Gasteiger partial charge in [0.25, 0.3) is 5.91 Å². The summed E-state index contributed by atoms with van der Waals surface area (Å²) in [6.07, 6.45) is 1.42. The molecule has 1 rings (SSSR count). The number of carbonyl (C=O) groups is 1. The third kappa shape index (κ3) is 4.94. The van der Waals surface area contributed by atoms with Crippen molar-refractivity contribution in [2.75, 3.05) is 5.32 Å². The third-order valence-electron chi connectivity index (χ3n) is 2.44. The van der Waals surface area contributed by atoms with Crippen LogP contribution in [0.15, 0.2) is 30.0 Å². The van der Waals surface area contributed by atoms with Crippen molar-refractivity contribution in [2.24, 2.45) is 0 Å². The van der Waals surface area contributed by atoms with Crippen molar-refractivity contribution < 1.29 is 4.79 Å². The van der Waals surface area contributed by atoms with Crippen molar-refractivity contribution in [1.82, 2.24) is 5.32 Å². The molecule has 4 nitrogen and oxygen atoms in total. The van der Waals surface area contributed by atoms with Crippen LogP contribution in [0.4, 0.5) is 5.69 Å². The highest BCUT2D eigenvalue weighted by molar-refractivity contribution is 6.31. The second kappa shape index (κ2) is 6.44. The van der Waals surface area contributed by atoms with Crippen LogP contribution in [-0.2, 0) is 4.79 Å². The zero-order valence-corrected chi connectivity index (χ0v) is 12.8. The summed E-state index contributed by atoms with van der Waals surface area (Å²) in [7, 11) is 0. The number of hydrogen-bond donors (Lipinski definition) is 2. The van der Waals surface area contributed by atoms with E-state index in [0.717, 1.165) is 5.56 Å². The average molecular weight is 292 g/mol. The van der Waals surface area contributed by atoms with E-state index in [1.807, 2.05) is 33.8 Å². The molecule has 0 aliphatic heterocycles. The second-order valence-corrected chi connectivity index (χ2v) is 5.89. The number of aryl methyl sites for hydroxylation is 1. The van der Waals surface area contributed by atoms with Crippen LogP contribution in [0.1, 0.15) is 26.3 Å². The summed E-state index contributed by atoms with van der Waals surface area (Å²) in [6, 6.07) is 7.08. The predicted octanol–water partition coefficient (Wildman–Crippen LogP) is 3.38. The number of nitriles is 1. The smallest absolute Gasteiger partial charge is 0.267 e. The molecular weight excluding hydrogens is 274 g/mol. The van der Waals surface area contributed by atoms with Gasteiger partial charge in [0, 0.05) is 22.4 Å². The lowest BCUT2D eigenvalue weighted by atomic mass is 10.1. The van der Waals surface area contributed by atoms with Crippen molar-refractivity contribution in [3.8, 4) is 6.07 Å². The minimum absolute atomic E-state index is 0.0108. The van der Waals surface area contributed by atoms with Crippen molar-refractivity contribution in [1.29, 1.82) is 5.26 Å². The number of rotatable bonds is 3. The molecule has 0 aromatic heterocycles. The first-order valence-electron chi connectivity index (χ1n) is 6.18. The molecule has 0 bridgehead atoms. The molecule has 20 heavy (non-hydrogen) atoms. The van der Waals surface area contributed by atoms with E-state index in [1.54, 1.807) is 18.2 Å². The van der Waals surface area contributed by atoms with Crippen molar-refractivity contribution >= 4 is 23.2 Å². The Morgan fingerprint density at radius 2 is 2.05 bits per heavy atom. The van der Waals surface area contributed by atoms with E-state index in [4.69, 9.17) is 16.9 Å². The summed E-state index contributed by atoms with van der Waals surface area (Å²) < 4.78 is 0. The summed E-state index contributed by atoms with van der Waals surface area (Å²) in [4.78, 5) is 12.0. The van der Waals surface area contributed by atoms with E-state index in [1.165, 1.54) is 6.20 Å². The van der Waals surface area contributed by atoms with Crippen LogP contribution in [0, 0.1) is 18.3 Å². The van der Waals surface area contributed by atoms with Gasteiger partial charge >= 0.3 is 0 Å². The molecule has 1 aromatic rings.